The van der Waals surface area contributed by atoms with Gasteiger partial charge in [0.05, 0.1) is 23.5 Å². The molecule has 0 spiro atoms. The van der Waals surface area contributed by atoms with Crippen molar-refractivity contribution in [3.63, 3.8) is 0 Å². The Morgan fingerprint density at radius 2 is 1.88 bits per heavy atom. The molecule has 1 aromatic carbocycles. The molecule has 0 bridgehead atoms. The lowest BCUT2D eigenvalue weighted by atomic mass is 10.2. The molecule has 3 N–H and O–H groups in total. The summed E-state index contributed by atoms with van der Waals surface area (Å²) in [4.78, 5) is 20.0. The number of nitrogens with zero attached hydrogens (tertiary/aromatic N) is 4. The number of fused-ring (bicyclic) bond motifs is 1. The second-order valence-corrected chi connectivity index (χ2v) is 9.74. The van der Waals surface area contributed by atoms with Crippen molar-refractivity contribution in [3.8, 4) is 0 Å². The van der Waals surface area contributed by atoms with Crippen molar-refractivity contribution in [2.45, 2.75) is 27.3 Å². The highest BCUT2D eigenvalue weighted by Crippen LogP contribution is 2.25. The standard InChI is InChI=1S/C23H25N7O3S/c1-4-34(32,33)29-23-17(7-6-10-24-23)14-30-21-12-22(25-13-20(21)15(2)28-30)27-19-9-5-8-18(11-19)26-16(3)31/h5-13H,4,14H2,1-3H3,(H,24,29)(H,25,27)(H,26,31). The summed E-state index contributed by atoms with van der Waals surface area (Å²) in [6.45, 7) is 5.25. The first-order valence-electron chi connectivity index (χ1n) is 10.7. The fourth-order valence-corrected chi connectivity index (χ4v) is 4.10. The molecule has 176 valence electrons. The van der Waals surface area contributed by atoms with Crippen LogP contribution in [0.25, 0.3) is 10.9 Å². The van der Waals surface area contributed by atoms with Crippen LogP contribution in [0.4, 0.5) is 23.0 Å². The van der Waals surface area contributed by atoms with Crippen molar-refractivity contribution in [3.05, 3.63) is 66.1 Å². The van der Waals surface area contributed by atoms with E-state index in [0.29, 0.717) is 23.6 Å². The van der Waals surface area contributed by atoms with E-state index in [-0.39, 0.29) is 17.5 Å². The molecule has 0 saturated carbocycles. The number of amides is 1. The van der Waals surface area contributed by atoms with Crippen LogP contribution in [0.15, 0.2) is 54.9 Å². The first-order valence-corrected chi connectivity index (χ1v) is 12.3. The van der Waals surface area contributed by atoms with Crippen LogP contribution in [-0.2, 0) is 21.4 Å². The van der Waals surface area contributed by atoms with Gasteiger partial charge in [-0.05, 0) is 38.1 Å². The lowest BCUT2D eigenvalue weighted by Crippen LogP contribution is -2.17. The first kappa shape index (κ1) is 23.2. The van der Waals surface area contributed by atoms with E-state index in [2.05, 4.69) is 30.4 Å². The topological polar surface area (TPSA) is 131 Å². The maximum atomic E-state index is 12.1. The number of sulfonamides is 1. The Kier molecular flexibility index (Phi) is 6.46. The van der Waals surface area contributed by atoms with Gasteiger partial charge in [-0.25, -0.2) is 18.4 Å². The van der Waals surface area contributed by atoms with Gasteiger partial charge < -0.3 is 10.6 Å². The summed E-state index contributed by atoms with van der Waals surface area (Å²) in [5, 5.41) is 11.5. The third-order valence-corrected chi connectivity index (χ3v) is 6.38. The number of carbonyl (C=O) groups is 1. The summed E-state index contributed by atoms with van der Waals surface area (Å²) < 4.78 is 28.5. The molecular formula is C23H25N7O3S. The molecule has 3 heterocycles. The summed E-state index contributed by atoms with van der Waals surface area (Å²) in [7, 11) is -3.47. The number of anilines is 4. The average molecular weight is 480 g/mol. The van der Waals surface area contributed by atoms with Crippen LogP contribution in [0.3, 0.4) is 0 Å². The van der Waals surface area contributed by atoms with E-state index >= 15 is 0 Å². The van der Waals surface area contributed by atoms with Gasteiger partial charge in [-0.15, -0.1) is 0 Å². The molecule has 0 aliphatic heterocycles. The first-order chi connectivity index (χ1) is 16.2. The van der Waals surface area contributed by atoms with Crippen LogP contribution in [0.1, 0.15) is 25.1 Å². The van der Waals surface area contributed by atoms with E-state index in [4.69, 9.17) is 0 Å². The molecule has 3 aromatic heterocycles. The maximum absolute atomic E-state index is 12.1. The van der Waals surface area contributed by atoms with Crippen molar-refractivity contribution >= 4 is 49.8 Å². The average Bonchev–Trinajstić information content (AvgIpc) is 3.09. The van der Waals surface area contributed by atoms with E-state index in [9.17, 15) is 13.2 Å². The molecule has 1 amide bonds. The van der Waals surface area contributed by atoms with E-state index in [1.807, 2.05) is 37.3 Å². The van der Waals surface area contributed by atoms with Gasteiger partial charge >= 0.3 is 0 Å². The number of hydrogen-bond acceptors (Lipinski definition) is 7. The number of rotatable bonds is 8. The number of pyridine rings is 2. The highest BCUT2D eigenvalue weighted by molar-refractivity contribution is 7.92. The number of hydrogen-bond donors (Lipinski definition) is 3. The number of aryl methyl sites for hydroxylation is 1. The van der Waals surface area contributed by atoms with Crippen molar-refractivity contribution in [1.82, 2.24) is 19.7 Å². The predicted molar refractivity (Wildman–Crippen MR) is 133 cm³/mol. The minimum atomic E-state index is -3.47. The second-order valence-electron chi connectivity index (χ2n) is 7.73. The molecule has 11 heteroatoms. The molecule has 0 unspecified atom stereocenters. The van der Waals surface area contributed by atoms with Gasteiger partial charge in [0, 0.05) is 47.7 Å². The fourth-order valence-electron chi connectivity index (χ4n) is 3.48. The van der Waals surface area contributed by atoms with Crippen LogP contribution >= 0.6 is 0 Å². The Hall–Kier alpha value is -3.99. The zero-order valence-corrected chi connectivity index (χ0v) is 19.8. The Morgan fingerprint density at radius 3 is 2.65 bits per heavy atom. The summed E-state index contributed by atoms with van der Waals surface area (Å²) >= 11 is 0. The van der Waals surface area contributed by atoms with Crippen molar-refractivity contribution in [1.29, 1.82) is 0 Å². The second kappa shape index (κ2) is 9.48. The summed E-state index contributed by atoms with van der Waals surface area (Å²) in [6.07, 6.45) is 3.29. The predicted octanol–water partition coefficient (Wildman–Crippen LogP) is 3.65. The van der Waals surface area contributed by atoms with E-state index in [0.717, 1.165) is 22.3 Å². The Balaban J connectivity index is 1.65. The summed E-state index contributed by atoms with van der Waals surface area (Å²) in [5.41, 5.74) is 3.78. The normalized spacial score (nSPS) is 11.4. The molecule has 0 aliphatic carbocycles. The number of nitrogens with one attached hydrogen (secondary N) is 3. The lowest BCUT2D eigenvalue weighted by Gasteiger charge is -2.12. The molecule has 0 atom stereocenters. The highest BCUT2D eigenvalue weighted by atomic mass is 32.2. The SMILES string of the molecule is CCS(=O)(=O)Nc1ncccc1Cn1nc(C)c2cnc(Nc3cccc(NC(C)=O)c3)cc21. The fraction of sp³-hybridized carbons (Fsp3) is 0.217. The van der Waals surface area contributed by atoms with E-state index in [1.54, 1.807) is 36.1 Å². The summed E-state index contributed by atoms with van der Waals surface area (Å²) in [6, 6.07) is 12.8. The quantitative estimate of drug-likeness (QED) is 0.352. The van der Waals surface area contributed by atoms with Crippen LogP contribution in [0, 0.1) is 6.92 Å². The molecule has 4 aromatic rings. The van der Waals surface area contributed by atoms with Crippen LogP contribution in [0.2, 0.25) is 0 Å². The Morgan fingerprint density at radius 1 is 1.09 bits per heavy atom. The minimum Gasteiger partial charge on any atom is -0.340 e. The van der Waals surface area contributed by atoms with Gasteiger partial charge in [0.1, 0.15) is 11.6 Å². The smallest absolute Gasteiger partial charge is 0.233 e. The third-order valence-electron chi connectivity index (χ3n) is 5.12. The monoisotopic (exact) mass is 479 g/mol. The van der Waals surface area contributed by atoms with Crippen molar-refractivity contribution < 1.29 is 13.2 Å². The van der Waals surface area contributed by atoms with Gasteiger partial charge in [-0.3, -0.25) is 14.2 Å². The molecule has 34 heavy (non-hydrogen) atoms. The van der Waals surface area contributed by atoms with Crippen LogP contribution in [0.5, 0.6) is 0 Å². The molecule has 4 rings (SSSR count). The number of aromatic nitrogens is 4. The largest absolute Gasteiger partial charge is 0.340 e. The highest BCUT2D eigenvalue weighted by Gasteiger charge is 2.15. The van der Waals surface area contributed by atoms with E-state index < -0.39 is 10.0 Å². The third kappa shape index (κ3) is 5.31. The van der Waals surface area contributed by atoms with Gasteiger partial charge in [-0.2, -0.15) is 5.10 Å². The lowest BCUT2D eigenvalue weighted by molar-refractivity contribution is -0.114. The van der Waals surface area contributed by atoms with Crippen molar-refractivity contribution in [2.75, 3.05) is 21.1 Å². The maximum Gasteiger partial charge on any atom is 0.233 e. The molecule has 10 nitrogen and oxygen atoms in total. The Bertz CT molecular complexity index is 1460. The zero-order valence-electron chi connectivity index (χ0n) is 19.0. The molecular weight excluding hydrogens is 454 g/mol. The van der Waals surface area contributed by atoms with Gasteiger partial charge in [0.2, 0.25) is 15.9 Å². The molecule has 0 fully saturated rings. The molecule has 0 aliphatic rings. The van der Waals surface area contributed by atoms with E-state index in [1.165, 1.54) is 6.92 Å². The zero-order chi connectivity index (χ0) is 24.3. The molecule has 0 saturated heterocycles. The molecule has 0 radical (unpaired) electrons. The van der Waals surface area contributed by atoms with Crippen LogP contribution < -0.4 is 15.4 Å². The minimum absolute atomic E-state index is 0.0450. The number of benzene rings is 1. The Labute approximate surface area is 197 Å². The van der Waals surface area contributed by atoms with Gasteiger partial charge in [-0.1, -0.05) is 12.1 Å². The van der Waals surface area contributed by atoms with Gasteiger partial charge in [0.25, 0.3) is 0 Å². The number of carbonyl (C=O) groups excluding carboxylic acids is 1. The van der Waals surface area contributed by atoms with Crippen LogP contribution in [-0.4, -0.2) is 39.8 Å². The summed E-state index contributed by atoms with van der Waals surface area (Å²) in [5.74, 6) is 0.697. The van der Waals surface area contributed by atoms with Crippen molar-refractivity contribution in [2.24, 2.45) is 0 Å². The van der Waals surface area contributed by atoms with Gasteiger partial charge in [0.15, 0.2) is 0 Å².